The normalized spacial score (nSPS) is 10.8. The summed E-state index contributed by atoms with van der Waals surface area (Å²) in [5.41, 5.74) is 0.594. The molecule has 0 radical (unpaired) electrons. The Morgan fingerprint density at radius 3 is 2.63 bits per heavy atom. The van der Waals surface area contributed by atoms with Crippen LogP contribution in [0.4, 0.5) is 0 Å². The lowest BCUT2D eigenvalue weighted by Gasteiger charge is -2.17. The third-order valence-electron chi connectivity index (χ3n) is 3.01. The third kappa shape index (κ3) is 5.51. The molecule has 3 nitrogen and oxygen atoms in total. The Bertz CT molecular complexity index is 422. The van der Waals surface area contributed by atoms with E-state index in [0.717, 1.165) is 30.5 Å². The Kier molecular flexibility index (Phi) is 7.42. The number of rotatable bonds is 7. The van der Waals surface area contributed by atoms with Crippen LogP contribution in [-0.4, -0.2) is 37.0 Å². The Morgan fingerprint density at radius 1 is 1.37 bits per heavy atom. The van der Waals surface area contributed by atoms with E-state index < -0.39 is 0 Å². The van der Waals surface area contributed by atoms with Crippen molar-refractivity contribution in [1.82, 2.24) is 10.2 Å². The molecule has 0 saturated carbocycles. The molecule has 0 aliphatic carbocycles. The highest BCUT2D eigenvalue weighted by atomic mass is 79.9. The van der Waals surface area contributed by atoms with E-state index in [2.05, 4.69) is 40.0 Å². The quantitative estimate of drug-likeness (QED) is 0.765. The molecule has 0 aliphatic rings. The highest BCUT2D eigenvalue weighted by Gasteiger charge is 2.07. The Morgan fingerprint density at radius 2 is 2.05 bits per heavy atom. The summed E-state index contributed by atoms with van der Waals surface area (Å²) in [4.78, 5) is 14.2. The molecule has 0 unspecified atom stereocenters. The van der Waals surface area contributed by atoms with Crippen LogP contribution < -0.4 is 5.32 Å². The van der Waals surface area contributed by atoms with Crippen LogP contribution in [0.1, 0.15) is 30.6 Å². The average Bonchev–Trinajstić information content (AvgIpc) is 2.42. The summed E-state index contributed by atoms with van der Waals surface area (Å²) in [6.45, 7) is 8.08. The summed E-state index contributed by atoms with van der Waals surface area (Å²) in [6, 6.07) is 5.22. The minimum Gasteiger partial charge on any atom is -0.352 e. The average molecular weight is 348 g/mol. The number of hydrogen-bond donors (Lipinski definition) is 1. The van der Waals surface area contributed by atoms with Crippen molar-refractivity contribution in [2.45, 2.75) is 20.3 Å². The van der Waals surface area contributed by atoms with Gasteiger partial charge in [0.1, 0.15) is 0 Å². The van der Waals surface area contributed by atoms with Gasteiger partial charge in [0.15, 0.2) is 0 Å². The monoisotopic (exact) mass is 346 g/mol. The van der Waals surface area contributed by atoms with E-state index in [-0.39, 0.29) is 5.91 Å². The molecule has 0 atom stereocenters. The molecule has 0 bridgehead atoms. The van der Waals surface area contributed by atoms with Crippen molar-refractivity contribution in [2.24, 2.45) is 0 Å². The van der Waals surface area contributed by atoms with Crippen molar-refractivity contribution in [2.75, 3.05) is 26.2 Å². The predicted molar refractivity (Wildman–Crippen MR) is 83.9 cm³/mol. The standard InChI is InChI=1S/C14H20BrClN2O/c1-3-18(4-2)9-5-8-17-14(19)11-6-7-12(15)13(16)10-11/h6-7,10H,3-5,8-9H2,1-2H3,(H,17,19). The first kappa shape index (κ1) is 16.5. The van der Waals surface area contributed by atoms with Gasteiger partial charge in [-0.05, 0) is 60.2 Å². The second kappa shape index (κ2) is 8.56. The molecule has 19 heavy (non-hydrogen) atoms. The summed E-state index contributed by atoms with van der Waals surface area (Å²) in [5.74, 6) is -0.0750. The van der Waals surface area contributed by atoms with E-state index >= 15 is 0 Å². The number of hydrogen-bond acceptors (Lipinski definition) is 2. The fraction of sp³-hybridized carbons (Fsp3) is 0.500. The van der Waals surface area contributed by atoms with Gasteiger partial charge in [0.25, 0.3) is 5.91 Å². The first-order chi connectivity index (χ1) is 9.08. The molecule has 0 aliphatic heterocycles. The Labute approximate surface area is 128 Å². The first-order valence-electron chi connectivity index (χ1n) is 6.54. The topological polar surface area (TPSA) is 32.3 Å². The fourth-order valence-corrected chi connectivity index (χ4v) is 2.21. The number of amides is 1. The highest BCUT2D eigenvalue weighted by molar-refractivity contribution is 9.10. The van der Waals surface area contributed by atoms with Gasteiger partial charge >= 0.3 is 0 Å². The van der Waals surface area contributed by atoms with Crippen molar-refractivity contribution >= 4 is 33.4 Å². The van der Waals surface area contributed by atoms with Gasteiger partial charge in [0.2, 0.25) is 0 Å². The van der Waals surface area contributed by atoms with Gasteiger partial charge in [-0.1, -0.05) is 25.4 Å². The first-order valence-corrected chi connectivity index (χ1v) is 7.71. The Balaban J connectivity index is 2.37. The summed E-state index contributed by atoms with van der Waals surface area (Å²) in [6.07, 6.45) is 0.956. The predicted octanol–water partition coefficient (Wildman–Crippen LogP) is 3.56. The molecule has 5 heteroatoms. The maximum atomic E-state index is 11.9. The summed E-state index contributed by atoms with van der Waals surface area (Å²) in [7, 11) is 0. The van der Waals surface area contributed by atoms with Gasteiger partial charge in [0.05, 0.1) is 5.02 Å². The molecule has 106 valence electrons. The van der Waals surface area contributed by atoms with E-state index in [1.54, 1.807) is 18.2 Å². The van der Waals surface area contributed by atoms with Crippen LogP contribution in [0.5, 0.6) is 0 Å². The number of nitrogens with one attached hydrogen (secondary N) is 1. The van der Waals surface area contributed by atoms with E-state index in [0.29, 0.717) is 17.1 Å². The van der Waals surface area contributed by atoms with E-state index in [1.165, 1.54) is 0 Å². The maximum Gasteiger partial charge on any atom is 0.251 e. The van der Waals surface area contributed by atoms with Crippen LogP contribution in [-0.2, 0) is 0 Å². The molecule has 1 aromatic rings. The van der Waals surface area contributed by atoms with Crippen LogP contribution in [0.15, 0.2) is 22.7 Å². The third-order valence-corrected chi connectivity index (χ3v) is 4.25. The largest absolute Gasteiger partial charge is 0.352 e. The van der Waals surface area contributed by atoms with Gasteiger partial charge in [-0.2, -0.15) is 0 Å². The second-order valence-electron chi connectivity index (χ2n) is 4.27. The second-order valence-corrected chi connectivity index (χ2v) is 5.53. The zero-order valence-corrected chi connectivity index (χ0v) is 13.7. The summed E-state index contributed by atoms with van der Waals surface area (Å²) < 4.78 is 0.798. The van der Waals surface area contributed by atoms with Crippen molar-refractivity contribution in [3.8, 4) is 0 Å². The lowest BCUT2D eigenvalue weighted by atomic mass is 10.2. The van der Waals surface area contributed by atoms with E-state index in [4.69, 9.17) is 11.6 Å². The Hall–Kier alpha value is -0.580. The summed E-state index contributed by atoms with van der Waals surface area (Å²) >= 11 is 9.27. The van der Waals surface area contributed by atoms with Crippen LogP contribution in [0.3, 0.4) is 0 Å². The number of halogens is 2. The smallest absolute Gasteiger partial charge is 0.251 e. The molecule has 0 aromatic heterocycles. The SMILES string of the molecule is CCN(CC)CCCNC(=O)c1ccc(Br)c(Cl)c1. The van der Waals surface area contributed by atoms with E-state index in [1.807, 2.05) is 0 Å². The van der Waals surface area contributed by atoms with Crippen molar-refractivity contribution in [3.63, 3.8) is 0 Å². The van der Waals surface area contributed by atoms with Gasteiger partial charge in [-0.3, -0.25) is 4.79 Å². The van der Waals surface area contributed by atoms with Gasteiger partial charge in [-0.25, -0.2) is 0 Å². The van der Waals surface area contributed by atoms with Gasteiger partial charge in [0, 0.05) is 16.6 Å². The number of carbonyl (C=O) groups is 1. The molecule has 0 fully saturated rings. The van der Waals surface area contributed by atoms with Gasteiger partial charge in [-0.15, -0.1) is 0 Å². The minimum absolute atomic E-state index is 0.0750. The van der Waals surface area contributed by atoms with Gasteiger partial charge < -0.3 is 10.2 Å². The fourth-order valence-electron chi connectivity index (χ4n) is 1.78. The zero-order valence-electron chi connectivity index (χ0n) is 11.4. The molecule has 0 heterocycles. The van der Waals surface area contributed by atoms with Crippen LogP contribution >= 0.6 is 27.5 Å². The number of benzene rings is 1. The van der Waals surface area contributed by atoms with Crippen molar-refractivity contribution in [3.05, 3.63) is 33.3 Å². The van der Waals surface area contributed by atoms with Crippen LogP contribution in [0, 0.1) is 0 Å². The molecular weight excluding hydrogens is 328 g/mol. The lowest BCUT2D eigenvalue weighted by molar-refractivity contribution is 0.0952. The molecular formula is C14H20BrClN2O. The number of nitrogens with zero attached hydrogens (tertiary/aromatic N) is 1. The van der Waals surface area contributed by atoms with Crippen LogP contribution in [0.2, 0.25) is 5.02 Å². The molecule has 1 N–H and O–H groups in total. The lowest BCUT2D eigenvalue weighted by Crippen LogP contribution is -2.29. The maximum absolute atomic E-state index is 11.9. The highest BCUT2D eigenvalue weighted by Crippen LogP contribution is 2.23. The molecule has 0 spiro atoms. The zero-order chi connectivity index (χ0) is 14.3. The van der Waals surface area contributed by atoms with Crippen molar-refractivity contribution in [1.29, 1.82) is 0 Å². The summed E-state index contributed by atoms with van der Waals surface area (Å²) in [5, 5.41) is 3.46. The molecule has 1 rings (SSSR count). The molecule has 0 saturated heterocycles. The van der Waals surface area contributed by atoms with Crippen LogP contribution in [0.25, 0.3) is 0 Å². The van der Waals surface area contributed by atoms with E-state index in [9.17, 15) is 4.79 Å². The molecule has 1 amide bonds. The number of carbonyl (C=O) groups excluding carboxylic acids is 1. The molecule has 1 aromatic carbocycles. The minimum atomic E-state index is -0.0750. The van der Waals surface area contributed by atoms with Crippen molar-refractivity contribution < 1.29 is 4.79 Å².